The molecule has 144 valence electrons. The number of rotatable bonds is 5. The van der Waals surface area contributed by atoms with Gasteiger partial charge < -0.3 is 5.32 Å². The molecule has 1 aliphatic heterocycles. The molecule has 1 amide bonds. The predicted octanol–water partition coefficient (Wildman–Crippen LogP) is 3.96. The van der Waals surface area contributed by atoms with Crippen LogP contribution in [0.2, 0.25) is 5.02 Å². The fourth-order valence-electron chi connectivity index (χ4n) is 3.12. The number of carbonyl (C=O) groups is 1. The molecule has 1 unspecified atom stereocenters. The van der Waals surface area contributed by atoms with Crippen molar-refractivity contribution in [3.8, 4) is 0 Å². The summed E-state index contributed by atoms with van der Waals surface area (Å²) in [7, 11) is -3.88. The van der Waals surface area contributed by atoms with Crippen molar-refractivity contribution in [3.63, 3.8) is 0 Å². The van der Waals surface area contributed by atoms with Gasteiger partial charge in [0.25, 0.3) is 0 Å². The normalized spacial score (nSPS) is 18.2. The summed E-state index contributed by atoms with van der Waals surface area (Å²) < 4.78 is 28.9. The highest BCUT2D eigenvalue weighted by atomic mass is 79.9. The second-order valence-electron chi connectivity index (χ2n) is 6.44. The Kier molecular flexibility index (Phi) is 6.57. The Labute approximate surface area is 172 Å². The van der Waals surface area contributed by atoms with Crippen molar-refractivity contribution in [3.05, 3.63) is 63.6 Å². The molecule has 2 aromatic rings. The highest BCUT2D eigenvalue weighted by Crippen LogP contribution is 2.26. The molecule has 3 rings (SSSR count). The van der Waals surface area contributed by atoms with Crippen molar-refractivity contribution < 1.29 is 13.2 Å². The summed E-state index contributed by atoms with van der Waals surface area (Å²) >= 11 is 9.32. The lowest BCUT2D eigenvalue weighted by Gasteiger charge is -2.29. The molecule has 0 aliphatic carbocycles. The summed E-state index contributed by atoms with van der Waals surface area (Å²) in [5.41, 5.74) is 0.805. The second-order valence-corrected chi connectivity index (χ2v) is 9.68. The van der Waals surface area contributed by atoms with Crippen LogP contribution in [0.3, 0.4) is 0 Å². The SMILES string of the molecule is O=C1NCCCCC1N(Cc1cccc(Br)c1)S(=O)(=O)c1ccc(Cl)cc1. The summed E-state index contributed by atoms with van der Waals surface area (Å²) in [5.74, 6) is -0.250. The topological polar surface area (TPSA) is 66.5 Å². The first-order valence-electron chi connectivity index (χ1n) is 8.67. The molecule has 1 N–H and O–H groups in total. The zero-order valence-electron chi connectivity index (χ0n) is 14.6. The number of hydrogen-bond acceptors (Lipinski definition) is 3. The van der Waals surface area contributed by atoms with E-state index in [0.29, 0.717) is 18.0 Å². The van der Waals surface area contributed by atoms with Crippen LogP contribution < -0.4 is 5.32 Å². The van der Waals surface area contributed by atoms with Gasteiger partial charge >= 0.3 is 0 Å². The highest BCUT2D eigenvalue weighted by Gasteiger charge is 2.36. The molecule has 1 heterocycles. The third-order valence-corrected chi connectivity index (χ3v) is 7.12. The van der Waals surface area contributed by atoms with E-state index in [1.807, 2.05) is 24.3 Å². The van der Waals surface area contributed by atoms with Gasteiger partial charge in [-0.2, -0.15) is 4.31 Å². The van der Waals surface area contributed by atoms with Gasteiger partial charge in [-0.15, -0.1) is 0 Å². The minimum Gasteiger partial charge on any atom is -0.355 e. The van der Waals surface area contributed by atoms with Gasteiger partial charge in [0, 0.05) is 22.6 Å². The fourth-order valence-corrected chi connectivity index (χ4v) is 5.30. The van der Waals surface area contributed by atoms with Crippen LogP contribution in [-0.4, -0.2) is 31.2 Å². The Morgan fingerprint density at radius 2 is 1.89 bits per heavy atom. The lowest BCUT2D eigenvalue weighted by atomic mass is 10.1. The van der Waals surface area contributed by atoms with E-state index in [1.54, 1.807) is 12.1 Å². The lowest BCUT2D eigenvalue weighted by Crippen LogP contribution is -2.48. The van der Waals surface area contributed by atoms with Crippen molar-refractivity contribution in [2.45, 2.75) is 36.7 Å². The minimum atomic E-state index is -3.88. The summed E-state index contributed by atoms with van der Waals surface area (Å²) in [6.07, 6.45) is 2.12. The van der Waals surface area contributed by atoms with E-state index in [0.717, 1.165) is 22.9 Å². The van der Waals surface area contributed by atoms with E-state index in [-0.39, 0.29) is 17.3 Å². The summed E-state index contributed by atoms with van der Waals surface area (Å²) in [6, 6.07) is 12.7. The smallest absolute Gasteiger partial charge is 0.244 e. The van der Waals surface area contributed by atoms with Crippen LogP contribution in [0.4, 0.5) is 0 Å². The number of hydrogen-bond donors (Lipinski definition) is 1. The molecule has 0 bridgehead atoms. The van der Waals surface area contributed by atoms with Gasteiger partial charge in [-0.25, -0.2) is 8.42 Å². The van der Waals surface area contributed by atoms with Crippen molar-refractivity contribution in [1.29, 1.82) is 0 Å². The van der Waals surface area contributed by atoms with Gasteiger partial charge in [0.05, 0.1) is 4.90 Å². The molecule has 1 aliphatic rings. The first-order chi connectivity index (χ1) is 12.9. The maximum absolute atomic E-state index is 13.4. The quantitative estimate of drug-likeness (QED) is 0.718. The molecule has 0 radical (unpaired) electrons. The largest absolute Gasteiger partial charge is 0.355 e. The molecule has 0 saturated carbocycles. The van der Waals surface area contributed by atoms with Crippen LogP contribution >= 0.6 is 27.5 Å². The third kappa shape index (κ3) is 4.90. The van der Waals surface area contributed by atoms with Gasteiger partial charge in [0.2, 0.25) is 15.9 Å². The van der Waals surface area contributed by atoms with Crippen molar-refractivity contribution in [1.82, 2.24) is 9.62 Å². The Hall–Kier alpha value is -1.41. The summed E-state index contributed by atoms with van der Waals surface area (Å²) in [6.45, 7) is 0.684. The second kappa shape index (κ2) is 8.73. The van der Waals surface area contributed by atoms with Crippen molar-refractivity contribution in [2.24, 2.45) is 0 Å². The van der Waals surface area contributed by atoms with Crippen LogP contribution in [-0.2, 0) is 21.4 Å². The third-order valence-electron chi connectivity index (χ3n) is 4.50. The molecule has 1 fully saturated rings. The van der Waals surface area contributed by atoms with Gasteiger partial charge in [0.1, 0.15) is 6.04 Å². The van der Waals surface area contributed by atoms with Crippen LogP contribution in [0.25, 0.3) is 0 Å². The van der Waals surface area contributed by atoms with Gasteiger partial charge in [0.15, 0.2) is 0 Å². The van der Waals surface area contributed by atoms with E-state index >= 15 is 0 Å². The van der Waals surface area contributed by atoms with Gasteiger partial charge in [-0.1, -0.05) is 39.7 Å². The van der Waals surface area contributed by atoms with Crippen LogP contribution in [0.1, 0.15) is 24.8 Å². The maximum atomic E-state index is 13.4. The molecule has 2 aromatic carbocycles. The van der Waals surface area contributed by atoms with Gasteiger partial charge in [-0.3, -0.25) is 4.79 Å². The average molecular weight is 472 g/mol. The number of nitrogens with one attached hydrogen (secondary N) is 1. The molecule has 8 heteroatoms. The maximum Gasteiger partial charge on any atom is 0.244 e. The van der Waals surface area contributed by atoms with E-state index in [9.17, 15) is 13.2 Å². The Balaban J connectivity index is 2.02. The minimum absolute atomic E-state index is 0.114. The van der Waals surface area contributed by atoms with Crippen molar-refractivity contribution >= 4 is 43.5 Å². The van der Waals surface area contributed by atoms with Crippen LogP contribution in [0.5, 0.6) is 0 Å². The molecule has 0 aromatic heterocycles. The van der Waals surface area contributed by atoms with Crippen LogP contribution in [0, 0.1) is 0 Å². The summed E-state index contributed by atoms with van der Waals surface area (Å²) in [4.78, 5) is 12.7. The Bertz CT molecular complexity index is 919. The number of carbonyl (C=O) groups excluding carboxylic acids is 1. The molecule has 5 nitrogen and oxygen atoms in total. The van der Waals surface area contributed by atoms with Crippen LogP contribution in [0.15, 0.2) is 57.9 Å². The van der Waals surface area contributed by atoms with E-state index in [4.69, 9.17) is 11.6 Å². The average Bonchev–Trinajstić information content (AvgIpc) is 2.84. The van der Waals surface area contributed by atoms with E-state index in [1.165, 1.54) is 16.4 Å². The lowest BCUT2D eigenvalue weighted by molar-refractivity contribution is -0.124. The number of sulfonamides is 1. The summed E-state index contributed by atoms with van der Waals surface area (Å²) in [5, 5.41) is 3.29. The molecular formula is C19H20BrClN2O3S. The van der Waals surface area contributed by atoms with E-state index < -0.39 is 16.1 Å². The van der Waals surface area contributed by atoms with Crippen molar-refractivity contribution in [2.75, 3.05) is 6.54 Å². The zero-order valence-corrected chi connectivity index (χ0v) is 17.7. The standard InChI is InChI=1S/C19H20BrClN2O3S/c20-15-5-3-4-14(12-15)13-23(18-6-1-2-11-22-19(18)24)27(25,26)17-9-7-16(21)8-10-17/h3-5,7-10,12,18H,1-2,6,11,13H2,(H,22,24). The first kappa shape index (κ1) is 20.3. The van der Waals surface area contributed by atoms with E-state index in [2.05, 4.69) is 21.2 Å². The zero-order chi connectivity index (χ0) is 19.4. The molecule has 0 spiro atoms. The molecule has 1 saturated heterocycles. The molecular weight excluding hydrogens is 452 g/mol. The monoisotopic (exact) mass is 470 g/mol. The van der Waals surface area contributed by atoms with Gasteiger partial charge in [-0.05, 0) is 61.2 Å². The number of halogens is 2. The predicted molar refractivity (Wildman–Crippen MR) is 109 cm³/mol. The first-order valence-corrected chi connectivity index (χ1v) is 11.3. The molecule has 1 atom stereocenters. The Morgan fingerprint density at radius 3 is 2.59 bits per heavy atom. The highest BCUT2D eigenvalue weighted by molar-refractivity contribution is 9.10. The number of nitrogens with zero attached hydrogens (tertiary/aromatic N) is 1. The fraction of sp³-hybridized carbons (Fsp3) is 0.316. The number of benzene rings is 2. The Morgan fingerprint density at radius 1 is 1.15 bits per heavy atom. The molecule has 27 heavy (non-hydrogen) atoms. The number of amides is 1.